The number of cyclic esters (lactones) is 1. The van der Waals surface area contributed by atoms with E-state index in [9.17, 15) is 9.90 Å². The fraction of sp³-hybridized carbons (Fsp3) is 0.409. The van der Waals surface area contributed by atoms with Crippen LogP contribution in [0.1, 0.15) is 27.2 Å². The number of hydrogen-bond acceptors (Lipinski definition) is 4. The monoisotopic (exact) mass is 462 g/mol. The molecular weight excluding hydrogens is 436 g/mol. The molecule has 0 bridgehead atoms. The maximum Gasteiger partial charge on any atom is 0.308 e. The lowest BCUT2D eigenvalue weighted by molar-refractivity contribution is -0.141. The summed E-state index contributed by atoms with van der Waals surface area (Å²) in [4.78, 5) is 11.7. The van der Waals surface area contributed by atoms with Gasteiger partial charge in [-0.25, -0.2) is 0 Å². The lowest BCUT2D eigenvalue weighted by atomic mass is 10.1. The summed E-state index contributed by atoms with van der Waals surface area (Å²) in [5, 5.41) is 11.7. The molecule has 0 aliphatic carbocycles. The van der Waals surface area contributed by atoms with Gasteiger partial charge in [0.25, 0.3) is 8.32 Å². The van der Waals surface area contributed by atoms with Crippen molar-refractivity contribution in [1.29, 1.82) is 0 Å². The van der Waals surface area contributed by atoms with Crippen LogP contribution in [0, 0.1) is 0 Å². The van der Waals surface area contributed by atoms with Gasteiger partial charge in [0.2, 0.25) is 0 Å². The van der Waals surface area contributed by atoms with Crippen LogP contribution in [0.4, 0.5) is 0 Å². The summed E-state index contributed by atoms with van der Waals surface area (Å²) in [5.41, 5.74) is 0. The molecule has 28 heavy (non-hydrogen) atoms. The third-order valence-electron chi connectivity index (χ3n) is 5.28. The van der Waals surface area contributed by atoms with Crippen LogP contribution in [0.5, 0.6) is 0 Å². The van der Waals surface area contributed by atoms with Crippen LogP contribution in [0.3, 0.4) is 0 Å². The van der Waals surface area contributed by atoms with Gasteiger partial charge in [-0.15, -0.1) is 0 Å². The summed E-state index contributed by atoms with van der Waals surface area (Å²) in [6, 6.07) is 20.6. The molecule has 6 heteroatoms. The summed E-state index contributed by atoms with van der Waals surface area (Å²) in [5.74, 6) is -0.286. The van der Waals surface area contributed by atoms with E-state index in [4.69, 9.17) is 9.16 Å². The second-order valence-electron chi connectivity index (χ2n) is 8.18. The Morgan fingerprint density at radius 1 is 1.11 bits per heavy atom. The molecular formula is C22H27BrO4Si. The maximum absolute atomic E-state index is 12.1. The molecule has 1 heterocycles. The van der Waals surface area contributed by atoms with Crippen molar-refractivity contribution in [3.63, 3.8) is 0 Å². The van der Waals surface area contributed by atoms with E-state index in [1.165, 1.54) is 0 Å². The van der Waals surface area contributed by atoms with Crippen molar-refractivity contribution in [1.82, 2.24) is 0 Å². The molecule has 0 amide bonds. The first-order valence-corrected chi connectivity index (χ1v) is 12.4. The van der Waals surface area contributed by atoms with Crippen molar-refractivity contribution < 1.29 is 19.1 Å². The van der Waals surface area contributed by atoms with Gasteiger partial charge in [-0.05, 0) is 15.4 Å². The van der Waals surface area contributed by atoms with E-state index < -0.39 is 20.5 Å². The summed E-state index contributed by atoms with van der Waals surface area (Å²) in [6.45, 7) is 6.47. The lowest BCUT2D eigenvalue weighted by Crippen LogP contribution is -2.68. The predicted octanol–water partition coefficient (Wildman–Crippen LogP) is 3.00. The first-order valence-electron chi connectivity index (χ1n) is 9.53. The van der Waals surface area contributed by atoms with Crippen LogP contribution >= 0.6 is 15.9 Å². The van der Waals surface area contributed by atoms with Gasteiger partial charge >= 0.3 is 5.97 Å². The number of aliphatic hydroxyl groups excluding tert-OH is 1. The Bertz CT molecular complexity index is 752. The predicted molar refractivity (Wildman–Crippen MR) is 117 cm³/mol. The molecule has 0 radical (unpaired) electrons. The Morgan fingerprint density at radius 2 is 1.61 bits per heavy atom. The van der Waals surface area contributed by atoms with Crippen LogP contribution in [-0.4, -0.2) is 43.0 Å². The third kappa shape index (κ3) is 3.96. The third-order valence-corrected chi connectivity index (χ3v) is 11.1. The van der Waals surface area contributed by atoms with Gasteiger partial charge in [-0.1, -0.05) is 97.4 Å². The van der Waals surface area contributed by atoms with Gasteiger partial charge in [0.1, 0.15) is 6.10 Å². The Balaban J connectivity index is 2.15. The molecule has 0 spiro atoms. The van der Waals surface area contributed by atoms with Crippen molar-refractivity contribution in [2.45, 2.75) is 49.3 Å². The largest absolute Gasteiger partial charge is 0.458 e. The summed E-state index contributed by atoms with van der Waals surface area (Å²) >= 11 is 3.45. The molecule has 1 N–H and O–H groups in total. The highest BCUT2D eigenvalue weighted by Crippen LogP contribution is 2.40. The second kappa shape index (κ2) is 8.49. The Labute approximate surface area is 176 Å². The number of carbonyl (C=O) groups excluding carboxylic acids is 1. The highest BCUT2D eigenvalue weighted by Gasteiger charge is 2.54. The Hall–Kier alpha value is -1.47. The smallest absolute Gasteiger partial charge is 0.308 e. The van der Waals surface area contributed by atoms with Crippen LogP contribution in [0.15, 0.2) is 60.7 Å². The van der Waals surface area contributed by atoms with E-state index in [0.29, 0.717) is 0 Å². The normalized spacial score (nSPS) is 21.4. The SMILES string of the molecule is CC(C)(C)[Si](O[C@H]1CC(=O)O[C@@H]1[C@@H](Br)CO)(c1ccccc1)c1ccccc1. The highest BCUT2D eigenvalue weighted by atomic mass is 79.9. The van der Waals surface area contributed by atoms with Gasteiger partial charge in [0.15, 0.2) is 0 Å². The first kappa shape index (κ1) is 21.2. The van der Waals surface area contributed by atoms with Gasteiger partial charge in [-0.3, -0.25) is 4.79 Å². The number of alkyl halides is 1. The molecule has 0 saturated carbocycles. The number of carbonyl (C=O) groups is 1. The number of ether oxygens (including phenoxy) is 1. The average Bonchev–Trinajstić information content (AvgIpc) is 3.06. The highest BCUT2D eigenvalue weighted by molar-refractivity contribution is 9.09. The Morgan fingerprint density at radius 3 is 2.04 bits per heavy atom. The van der Waals surface area contributed by atoms with E-state index in [1.54, 1.807) is 0 Å². The molecule has 2 aromatic carbocycles. The summed E-state index contributed by atoms with van der Waals surface area (Å²) in [6.07, 6.45) is -0.744. The fourth-order valence-electron chi connectivity index (χ4n) is 3.99. The molecule has 3 rings (SSSR count). The van der Waals surface area contributed by atoms with Crippen LogP contribution in [-0.2, 0) is 14.0 Å². The summed E-state index contributed by atoms with van der Waals surface area (Å²) in [7, 11) is -2.78. The lowest BCUT2D eigenvalue weighted by Gasteiger charge is -2.45. The molecule has 1 fully saturated rings. The number of rotatable bonds is 6. The van der Waals surface area contributed by atoms with E-state index in [0.717, 1.165) is 10.4 Å². The number of benzene rings is 2. The van der Waals surface area contributed by atoms with E-state index in [2.05, 4.69) is 61.0 Å². The van der Waals surface area contributed by atoms with E-state index >= 15 is 0 Å². The van der Waals surface area contributed by atoms with Gasteiger partial charge < -0.3 is 14.3 Å². The first-order chi connectivity index (χ1) is 13.3. The quantitative estimate of drug-likeness (QED) is 0.407. The number of aliphatic hydroxyl groups is 1. The van der Waals surface area contributed by atoms with E-state index in [-0.39, 0.29) is 28.9 Å². The number of halogens is 1. The standard InChI is InChI=1S/C22H27BrO4Si/c1-22(2,3)28(16-10-6-4-7-11-16,17-12-8-5-9-13-17)27-19-14-20(25)26-21(19)18(23)15-24/h4-13,18-19,21,24H,14-15H2,1-3H3/t18-,19-,21+/m0/s1. The van der Waals surface area contributed by atoms with Crippen molar-refractivity contribution in [2.75, 3.05) is 6.61 Å². The average molecular weight is 463 g/mol. The van der Waals surface area contributed by atoms with Gasteiger partial charge in [-0.2, -0.15) is 0 Å². The fourth-order valence-corrected chi connectivity index (χ4v) is 9.13. The van der Waals surface area contributed by atoms with Crippen molar-refractivity contribution in [3.05, 3.63) is 60.7 Å². The molecule has 1 aliphatic heterocycles. The minimum Gasteiger partial charge on any atom is -0.458 e. The molecule has 3 atom stereocenters. The molecule has 1 aliphatic rings. The van der Waals surface area contributed by atoms with Crippen LogP contribution < -0.4 is 10.4 Å². The molecule has 4 nitrogen and oxygen atoms in total. The zero-order valence-corrected chi connectivity index (χ0v) is 19.1. The molecule has 1 saturated heterocycles. The number of esters is 1. The van der Waals surface area contributed by atoms with Crippen molar-refractivity contribution >= 4 is 40.6 Å². The topological polar surface area (TPSA) is 55.8 Å². The minimum absolute atomic E-state index is 0.126. The molecule has 150 valence electrons. The molecule has 0 unspecified atom stereocenters. The van der Waals surface area contributed by atoms with Gasteiger partial charge in [0, 0.05) is 0 Å². The van der Waals surface area contributed by atoms with Gasteiger partial charge in [0.05, 0.1) is 24.0 Å². The molecule has 2 aromatic rings. The zero-order valence-electron chi connectivity index (χ0n) is 16.5. The summed E-state index contributed by atoms with van der Waals surface area (Å²) < 4.78 is 12.5. The van der Waals surface area contributed by atoms with Crippen LogP contribution in [0.2, 0.25) is 5.04 Å². The number of hydrogen-bond donors (Lipinski definition) is 1. The minimum atomic E-state index is -2.78. The molecule has 0 aromatic heterocycles. The maximum atomic E-state index is 12.1. The van der Waals surface area contributed by atoms with Crippen LogP contribution in [0.25, 0.3) is 0 Å². The van der Waals surface area contributed by atoms with E-state index in [1.807, 2.05) is 36.4 Å². The van der Waals surface area contributed by atoms with Crippen molar-refractivity contribution in [2.24, 2.45) is 0 Å². The van der Waals surface area contributed by atoms with Crippen molar-refractivity contribution in [3.8, 4) is 0 Å². The second-order valence-corrected chi connectivity index (χ2v) is 13.6. The zero-order chi connectivity index (χ0) is 20.4. The Kier molecular flexibility index (Phi) is 6.44.